The molecule has 0 aromatic carbocycles. The predicted molar refractivity (Wildman–Crippen MR) is 27.1 cm³/mol. The summed E-state index contributed by atoms with van der Waals surface area (Å²) in [7, 11) is 0. The molecule has 0 aromatic rings. The van der Waals surface area contributed by atoms with E-state index in [0.29, 0.717) is 0 Å². The number of hydrogen-bond acceptors (Lipinski definition) is 4. The van der Waals surface area contributed by atoms with Crippen molar-refractivity contribution in [3.05, 3.63) is 0 Å². The first-order valence-corrected chi connectivity index (χ1v) is 1.82. The maximum atomic E-state index is 8.89. The molecule has 0 rings (SSSR count). The number of carbonyl (C=O) groups excluding carboxylic acids is 2. The predicted octanol–water partition coefficient (Wildman–Crippen LogP) is -2.87. The van der Waals surface area contributed by atoms with Crippen molar-refractivity contribution in [3.63, 3.8) is 0 Å². The van der Waals surface area contributed by atoms with Crippen LogP contribution < -0.4 is 10.2 Å². The minimum absolute atomic E-state index is 0. The third kappa shape index (κ3) is 2020. The fourth-order valence-electron chi connectivity index (χ4n) is 0. The van der Waals surface area contributed by atoms with Crippen LogP contribution in [0.3, 0.4) is 0 Å². The Labute approximate surface area is 91.9 Å². The minimum atomic E-state index is -1.08. The SMILES string of the molecule is CC(=O)[O-].CC(=O)[O-].[Pb+2].[Zn]. The zero-order chi connectivity index (χ0) is 7.15. The molecule has 0 aliphatic heterocycles. The van der Waals surface area contributed by atoms with Crippen LogP contribution in [0.25, 0.3) is 0 Å². The Balaban J connectivity index is -0.0000000300. The first kappa shape index (κ1) is 22.4. The van der Waals surface area contributed by atoms with Crippen LogP contribution >= 0.6 is 0 Å². The Morgan fingerprint density at radius 3 is 1.00 bits per heavy atom. The molecule has 0 atom stereocenters. The first-order valence-electron chi connectivity index (χ1n) is 1.82. The van der Waals surface area contributed by atoms with Crippen LogP contribution in [0.2, 0.25) is 0 Å². The zero-order valence-corrected chi connectivity index (χ0v) is 12.7. The maximum Gasteiger partial charge on any atom is 2.00 e. The van der Waals surface area contributed by atoms with Crippen molar-refractivity contribution >= 4 is 39.2 Å². The smallest absolute Gasteiger partial charge is 0.550 e. The van der Waals surface area contributed by atoms with Gasteiger partial charge in [-0.2, -0.15) is 0 Å². The Morgan fingerprint density at radius 2 is 1.00 bits per heavy atom. The second-order valence-electron chi connectivity index (χ2n) is 0.983. The molecule has 0 bridgehead atoms. The van der Waals surface area contributed by atoms with Gasteiger partial charge in [0.1, 0.15) is 0 Å². The summed E-state index contributed by atoms with van der Waals surface area (Å²) in [5, 5.41) is 17.8. The zero-order valence-electron chi connectivity index (χ0n) is 5.84. The fraction of sp³-hybridized carbons (Fsp3) is 0.500. The van der Waals surface area contributed by atoms with Crippen molar-refractivity contribution in [3.8, 4) is 0 Å². The monoisotopic (exact) mass is 390 g/mol. The van der Waals surface area contributed by atoms with Gasteiger partial charge in [0.25, 0.3) is 0 Å². The van der Waals surface area contributed by atoms with Gasteiger partial charge < -0.3 is 19.8 Å². The van der Waals surface area contributed by atoms with Crippen molar-refractivity contribution < 1.29 is 39.3 Å². The largest absolute Gasteiger partial charge is 2.00 e. The van der Waals surface area contributed by atoms with Crippen molar-refractivity contribution in [2.75, 3.05) is 0 Å². The molecule has 0 unspecified atom stereocenters. The molecule has 0 aliphatic carbocycles. The molecular weight excluding hydrogens is 385 g/mol. The number of carboxylic acids is 2. The van der Waals surface area contributed by atoms with Gasteiger partial charge in [-0.15, -0.1) is 0 Å². The van der Waals surface area contributed by atoms with E-state index in [1.54, 1.807) is 0 Å². The van der Waals surface area contributed by atoms with E-state index in [0.717, 1.165) is 13.8 Å². The molecule has 0 N–H and O–H groups in total. The van der Waals surface area contributed by atoms with Gasteiger partial charge in [-0.05, 0) is 13.8 Å². The molecule has 0 saturated heterocycles. The van der Waals surface area contributed by atoms with E-state index >= 15 is 0 Å². The second-order valence-corrected chi connectivity index (χ2v) is 0.983. The average Bonchev–Trinajstić information content (AvgIpc) is 1.25. The van der Waals surface area contributed by atoms with Crippen molar-refractivity contribution in [2.24, 2.45) is 0 Å². The first-order chi connectivity index (χ1) is 3.46. The molecule has 0 fully saturated rings. The summed E-state index contributed by atoms with van der Waals surface area (Å²) in [6.45, 7) is 1.94. The molecule has 6 heteroatoms. The minimum Gasteiger partial charge on any atom is -0.550 e. The van der Waals surface area contributed by atoms with Crippen LogP contribution in [0.5, 0.6) is 0 Å². The molecule has 0 aliphatic rings. The molecule has 0 aromatic heterocycles. The van der Waals surface area contributed by atoms with Gasteiger partial charge in [0.05, 0.1) is 0 Å². The van der Waals surface area contributed by atoms with Gasteiger partial charge >= 0.3 is 27.3 Å². The third-order valence-electron chi connectivity index (χ3n) is 0. The van der Waals surface area contributed by atoms with Crippen LogP contribution in [-0.4, -0.2) is 39.2 Å². The molecular formula is C4H6O4PbZn. The van der Waals surface area contributed by atoms with E-state index in [4.69, 9.17) is 19.8 Å². The Bertz CT molecular complexity index is 75.3. The van der Waals surface area contributed by atoms with Crippen LogP contribution in [0, 0.1) is 0 Å². The van der Waals surface area contributed by atoms with Gasteiger partial charge in [-0.1, -0.05) is 0 Å². The third-order valence-corrected chi connectivity index (χ3v) is 0. The van der Waals surface area contributed by atoms with Crippen molar-refractivity contribution in [1.82, 2.24) is 0 Å². The van der Waals surface area contributed by atoms with Gasteiger partial charge in [0, 0.05) is 31.4 Å². The molecule has 0 spiro atoms. The number of carboxylic acid groups (broad SMARTS) is 2. The van der Waals surface area contributed by atoms with E-state index < -0.39 is 11.9 Å². The summed E-state index contributed by atoms with van der Waals surface area (Å²) in [6.07, 6.45) is 0. The molecule has 10 heavy (non-hydrogen) atoms. The quantitative estimate of drug-likeness (QED) is 0.417. The van der Waals surface area contributed by atoms with Gasteiger partial charge in [0.15, 0.2) is 0 Å². The van der Waals surface area contributed by atoms with Crippen LogP contribution in [-0.2, 0) is 29.1 Å². The fourth-order valence-corrected chi connectivity index (χ4v) is 0. The Morgan fingerprint density at radius 1 is 1.00 bits per heavy atom. The molecule has 0 amide bonds. The summed E-state index contributed by atoms with van der Waals surface area (Å²) in [6, 6.07) is 0. The summed E-state index contributed by atoms with van der Waals surface area (Å²) in [4.78, 5) is 17.8. The summed E-state index contributed by atoms with van der Waals surface area (Å²) in [5.74, 6) is -2.17. The van der Waals surface area contributed by atoms with E-state index in [1.807, 2.05) is 0 Å². The Hall–Kier alpha value is 0.485. The molecule has 2 radical (unpaired) electrons. The standard InChI is InChI=1S/2C2H4O2.Pb.Zn/c2*1-2(3)4;;/h2*1H3,(H,3,4);;/q;;+2;/p-2. The average molecular weight is 391 g/mol. The van der Waals surface area contributed by atoms with E-state index in [1.165, 1.54) is 0 Å². The van der Waals surface area contributed by atoms with Crippen LogP contribution in [0.15, 0.2) is 0 Å². The number of rotatable bonds is 0. The number of hydrogen-bond donors (Lipinski definition) is 0. The molecule has 52 valence electrons. The van der Waals surface area contributed by atoms with E-state index in [-0.39, 0.29) is 46.8 Å². The van der Waals surface area contributed by atoms with Crippen LogP contribution in [0.4, 0.5) is 0 Å². The topological polar surface area (TPSA) is 80.3 Å². The summed E-state index contributed by atoms with van der Waals surface area (Å²) < 4.78 is 0. The van der Waals surface area contributed by atoms with Crippen LogP contribution in [0.1, 0.15) is 13.8 Å². The number of carbonyl (C=O) groups is 2. The molecule has 0 saturated carbocycles. The van der Waals surface area contributed by atoms with Crippen molar-refractivity contribution in [1.29, 1.82) is 0 Å². The molecule has 4 nitrogen and oxygen atoms in total. The summed E-state index contributed by atoms with van der Waals surface area (Å²) in [5.41, 5.74) is 0. The van der Waals surface area contributed by atoms with E-state index in [2.05, 4.69) is 0 Å². The molecule has 0 heterocycles. The maximum absolute atomic E-state index is 8.89. The van der Waals surface area contributed by atoms with E-state index in [9.17, 15) is 0 Å². The second kappa shape index (κ2) is 16.2. The normalized spacial score (nSPS) is 5.00. The van der Waals surface area contributed by atoms with Gasteiger partial charge in [-0.25, -0.2) is 0 Å². The Kier molecular flexibility index (Phi) is 36.4. The van der Waals surface area contributed by atoms with Gasteiger partial charge in [-0.3, -0.25) is 0 Å². The van der Waals surface area contributed by atoms with Crippen molar-refractivity contribution in [2.45, 2.75) is 13.8 Å². The van der Waals surface area contributed by atoms with Gasteiger partial charge in [0.2, 0.25) is 0 Å². The number of aliphatic carboxylic acids is 2. The summed E-state index contributed by atoms with van der Waals surface area (Å²) >= 11 is 0.